The summed E-state index contributed by atoms with van der Waals surface area (Å²) in [6, 6.07) is 0. The third-order valence-electron chi connectivity index (χ3n) is 4.69. The molecule has 0 saturated carbocycles. The first kappa shape index (κ1) is 17.3. The van der Waals surface area contributed by atoms with Crippen molar-refractivity contribution in [2.45, 2.75) is 84.5 Å². The van der Waals surface area contributed by atoms with Gasteiger partial charge < -0.3 is 5.11 Å². The maximum absolute atomic E-state index is 11.1. The highest BCUT2D eigenvalue weighted by molar-refractivity contribution is 5.76. The van der Waals surface area contributed by atoms with Crippen molar-refractivity contribution < 1.29 is 9.90 Å². The first-order valence-electron chi connectivity index (χ1n) is 8.51. The smallest absolute Gasteiger partial charge is 0.313 e. The quantitative estimate of drug-likeness (QED) is 0.419. The van der Waals surface area contributed by atoms with Crippen molar-refractivity contribution >= 4 is 5.97 Å². The minimum Gasteiger partial charge on any atom is -0.481 e. The van der Waals surface area contributed by atoms with E-state index in [1.54, 1.807) is 0 Å². The number of carboxylic acid groups (broad SMARTS) is 1. The van der Waals surface area contributed by atoms with Gasteiger partial charge in [-0.3, -0.25) is 4.79 Å². The van der Waals surface area contributed by atoms with E-state index >= 15 is 0 Å². The molecule has 0 aliphatic heterocycles. The molecule has 0 aromatic carbocycles. The van der Waals surface area contributed by atoms with Crippen LogP contribution in [0.5, 0.6) is 0 Å². The summed E-state index contributed by atoms with van der Waals surface area (Å²) in [6.45, 7) is 4.09. The van der Waals surface area contributed by atoms with Crippen LogP contribution in [0.1, 0.15) is 84.5 Å². The SMILES string of the molecule is CCCCCCCCCCC1C=CC(C)(C(=O)O)CC1. The van der Waals surface area contributed by atoms with Crippen LogP contribution in [-0.2, 0) is 4.79 Å². The van der Waals surface area contributed by atoms with Gasteiger partial charge in [-0.25, -0.2) is 0 Å². The van der Waals surface area contributed by atoms with Gasteiger partial charge in [0.25, 0.3) is 0 Å². The molecule has 2 unspecified atom stereocenters. The van der Waals surface area contributed by atoms with E-state index in [2.05, 4.69) is 13.0 Å². The fourth-order valence-electron chi connectivity index (χ4n) is 2.97. The molecular formula is C18H32O2. The van der Waals surface area contributed by atoms with Crippen molar-refractivity contribution in [2.24, 2.45) is 11.3 Å². The number of rotatable bonds is 10. The molecule has 0 radical (unpaired) electrons. The Labute approximate surface area is 124 Å². The van der Waals surface area contributed by atoms with Crippen LogP contribution >= 0.6 is 0 Å². The van der Waals surface area contributed by atoms with E-state index in [0.29, 0.717) is 5.92 Å². The molecule has 116 valence electrons. The lowest BCUT2D eigenvalue weighted by Crippen LogP contribution is -2.28. The highest BCUT2D eigenvalue weighted by atomic mass is 16.4. The number of allylic oxidation sites excluding steroid dienone is 1. The van der Waals surface area contributed by atoms with Crippen molar-refractivity contribution in [1.82, 2.24) is 0 Å². The topological polar surface area (TPSA) is 37.3 Å². The Morgan fingerprint density at radius 3 is 2.25 bits per heavy atom. The molecule has 20 heavy (non-hydrogen) atoms. The fraction of sp³-hybridized carbons (Fsp3) is 0.833. The van der Waals surface area contributed by atoms with Crippen LogP contribution in [-0.4, -0.2) is 11.1 Å². The van der Waals surface area contributed by atoms with E-state index in [9.17, 15) is 4.79 Å². The molecule has 0 fully saturated rings. The minimum atomic E-state index is -0.681. The largest absolute Gasteiger partial charge is 0.481 e. The van der Waals surface area contributed by atoms with E-state index in [1.165, 1.54) is 57.8 Å². The summed E-state index contributed by atoms with van der Waals surface area (Å²) >= 11 is 0. The number of unbranched alkanes of at least 4 members (excludes halogenated alkanes) is 7. The molecule has 0 amide bonds. The summed E-state index contributed by atoms with van der Waals surface area (Å²) in [5.41, 5.74) is -0.615. The Balaban J connectivity index is 2.05. The van der Waals surface area contributed by atoms with Gasteiger partial charge in [-0.15, -0.1) is 0 Å². The van der Waals surface area contributed by atoms with Crippen molar-refractivity contribution in [3.63, 3.8) is 0 Å². The summed E-state index contributed by atoms with van der Waals surface area (Å²) in [7, 11) is 0. The Hall–Kier alpha value is -0.790. The third-order valence-corrected chi connectivity index (χ3v) is 4.69. The number of aliphatic carboxylic acids is 1. The van der Waals surface area contributed by atoms with Crippen LogP contribution in [0, 0.1) is 11.3 Å². The molecular weight excluding hydrogens is 248 g/mol. The number of hydrogen-bond donors (Lipinski definition) is 1. The molecule has 1 aliphatic rings. The van der Waals surface area contributed by atoms with Crippen LogP contribution in [0.4, 0.5) is 0 Å². The van der Waals surface area contributed by atoms with E-state index in [-0.39, 0.29) is 0 Å². The molecule has 0 heterocycles. The normalized spacial score (nSPS) is 25.8. The number of carbonyl (C=O) groups is 1. The molecule has 2 nitrogen and oxygen atoms in total. The zero-order valence-corrected chi connectivity index (χ0v) is 13.4. The molecule has 1 N–H and O–H groups in total. The first-order chi connectivity index (χ1) is 9.58. The third kappa shape index (κ3) is 6.11. The molecule has 0 aromatic heterocycles. The van der Waals surface area contributed by atoms with Gasteiger partial charge in [0.05, 0.1) is 5.41 Å². The Morgan fingerprint density at radius 2 is 1.75 bits per heavy atom. The van der Waals surface area contributed by atoms with Gasteiger partial charge >= 0.3 is 5.97 Å². The second-order valence-electron chi connectivity index (χ2n) is 6.64. The van der Waals surface area contributed by atoms with E-state index in [1.807, 2.05) is 13.0 Å². The average molecular weight is 280 g/mol. The lowest BCUT2D eigenvalue weighted by atomic mass is 9.76. The second-order valence-corrected chi connectivity index (χ2v) is 6.64. The molecule has 0 spiro atoms. The van der Waals surface area contributed by atoms with E-state index in [4.69, 9.17) is 5.11 Å². The highest BCUT2D eigenvalue weighted by Crippen LogP contribution is 2.35. The van der Waals surface area contributed by atoms with Gasteiger partial charge in [0, 0.05) is 0 Å². The maximum Gasteiger partial charge on any atom is 0.313 e. The highest BCUT2D eigenvalue weighted by Gasteiger charge is 2.33. The van der Waals surface area contributed by atoms with Crippen molar-refractivity contribution in [2.75, 3.05) is 0 Å². The molecule has 0 bridgehead atoms. The van der Waals surface area contributed by atoms with Crippen LogP contribution in [0.25, 0.3) is 0 Å². The molecule has 2 heteroatoms. The van der Waals surface area contributed by atoms with Gasteiger partial charge in [0.15, 0.2) is 0 Å². The van der Waals surface area contributed by atoms with Crippen LogP contribution in [0.3, 0.4) is 0 Å². The van der Waals surface area contributed by atoms with Crippen molar-refractivity contribution in [1.29, 1.82) is 0 Å². The second kappa shape index (κ2) is 9.20. The van der Waals surface area contributed by atoms with Crippen LogP contribution < -0.4 is 0 Å². The first-order valence-corrected chi connectivity index (χ1v) is 8.51. The van der Waals surface area contributed by atoms with Crippen molar-refractivity contribution in [3.05, 3.63) is 12.2 Å². The molecule has 1 aliphatic carbocycles. The van der Waals surface area contributed by atoms with E-state index in [0.717, 1.165) is 12.8 Å². The fourth-order valence-corrected chi connectivity index (χ4v) is 2.97. The van der Waals surface area contributed by atoms with Gasteiger partial charge in [-0.2, -0.15) is 0 Å². The lowest BCUT2D eigenvalue weighted by Gasteiger charge is -2.28. The predicted octanol–water partition coefficient (Wildman–Crippen LogP) is 5.57. The average Bonchev–Trinajstić information content (AvgIpc) is 2.44. The van der Waals surface area contributed by atoms with Gasteiger partial charge in [0.2, 0.25) is 0 Å². The zero-order chi connectivity index (χ0) is 14.8. The molecule has 0 aromatic rings. The molecule has 2 atom stereocenters. The number of hydrogen-bond acceptors (Lipinski definition) is 1. The zero-order valence-electron chi connectivity index (χ0n) is 13.4. The monoisotopic (exact) mass is 280 g/mol. The van der Waals surface area contributed by atoms with Gasteiger partial charge in [0.1, 0.15) is 0 Å². The Bertz CT molecular complexity index is 309. The summed E-state index contributed by atoms with van der Waals surface area (Å²) in [4.78, 5) is 11.1. The Kier molecular flexibility index (Phi) is 7.94. The summed E-state index contributed by atoms with van der Waals surface area (Å²) in [6.07, 6.45) is 18.0. The van der Waals surface area contributed by atoms with Crippen molar-refractivity contribution in [3.8, 4) is 0 Å². The lowest BCUT2D eigenvalue weighted by molar-refractivity contribution is -0.145. The molecule has 0 saturated heterocycles. The van der Waals surface area contributed by atoms with Gasteiger partial charge in [-0.05, 0) is 32.1 Å². The molecule has 1 rings (SSSR count). The van der Waals surface area contributed by atoms with Crippen LogP contribution in [0.15, 0.2) is 12.2 Å². The summed E-state index contributed by atoms with van der Waals surface area (Å²) < 4.78 is 0. The number of carboxylic acids is 1. The predicted molar refractivity (Wildman–Crippen MR) is 84.8 cm³/mol. The van der Waals surface area contributed by atoms with Gasteiger partial charge in [-0.1, -0.05) is 70.4 Å². The maximum atomic E-state index is 11.1. The summed E-state index contributed by atoms with van der Waals surface area (Å²) in [5, 5.41) is 9.17. The standard InChI is InChI=1S/C18H32O2/c1-3-4-5-6-7-8-9-10-11-16-12-14-18(2,15-13-16)17(19)20/h12,14,16H,3-11,13,15H2,1-2H3,(H,19,20). The minimum absolute atomic E-state index is 0.613. The summed E-state index contributed by atoms with van der Waals surface area (Å²) in [5.74, 6) is -0.0678. The Morgan fingerprint density at radius 1 is 1.15 bits per heavy atom. The van der Waals surface area contributed by atoms with Crippen LogP contribution in [0.2, 0.25) is 0 Å². The van der Waals surface area contributed by atoms with E-state index < -0.39 is 11.4 Å².